The van der Waals surface area contributed by atoms with Crippen molar-refractivity contribution < 1.29 is 30.7 Å². The van der Waals surface area contributed by atoms with Crippen molar-refractivity contribution in [2.45, 2.75) is 24.9 Å². The van der Waals surface area contributed by atoms with Crippen LogP contribution >= 0.6 is 12.2 Å². The van der Waals surface area contributed by atoms with E-state index >= 15 is 0 Å². The Hall–Kier alpha value is -1.78. The van der Waals surface area contributed by atoms with E-state index in [0.717, 1.165) is 0 Å². The Bertz CT molecular complexity index is 764. The van der Waals surface area contributed by atoms with Gasteiger partial charge in [0.05, 0.1) is 0 Å². The number of H-pyrrole nitrogens is 1. The van der Waals surface area contributed by atoms with E-state index in [-0.39, 0.29) is 21.1 Å². The Morgan fingerprint density at radius 3 is 2.05 bits per heavy atom. The van der Waals surface area contributed by atoms with Crippen molar-refractivity contribution in [3.05, 3.63) is 27.9 Å². The predicted octanol–water partition coefficient (Wildman–Crippen LogP) is 4.29. The number of rotatable bonds is 1. The van der Waals surface area contributed by atoms with Crippen LogP contribution in [0.5, 0.6) is 0 Å². The smallest absolute Gasteiger partial charge is 0.248 e. The largest absolute Gasteiger partial charge is 0.435 e. The molecule has 0 saturated heterocycles. The van der Waals surface area contributed by atoms with E-state index in [0.29, 0.717) is 12.1 Å². The maximum absolute atomic E-state index is 14.0. The standard InChI is InChI=1S/C11H6F7N3S/c1-4-2-5(3-6-7(4)19-21-20-8(6)22)9(12,10(13,14)15)11(16,17)18/h2-3H,1H3,(H,19,20,22). The molecule has 0 amide bonds. The molecule has 0 saturated carbocycles. The second-order valence-corrected chi connectivity index (χ2v) is 4.89. The molecular weight excluding hydrogens is 339 g/mol. The lowest BCUT2D eigenvalue weighted by molar-refractivity contribution is -0.348. The second kappa shape index (κ2) is 4.86. The van der Waals surface area contributed by atoms with Gasteiger partial charge >= 0.3 is 18.0 Å². The minimum atomic E-state index is -6.18. The van der Waals surface area contributed by atoms with Gasteiger partial charge in [-0.2, -0.15) is 26.3 Å². The normalized spacial score (nSPS) is 13.6. The van der Waals surface area contributed by atoms with Crippen molar-refractivity contribution in [3.63, 3.8) is 0 Å². The maximum atomic E-state index is 14.0. The van der Waals surface area contributed by atoms with Gasteiger partial charge in [0.1, 0.15) is 10.2 Å². The van der Waals surface area contributed by atoms with E-state index in [1.165, 1.54) is 6.92 Å². The summed E-state index contributed by atoms with van der Waals surface area (Å²) in [6.07, 6.45) is -12.4. The average molecular weight is 345 g/mol. The monoisotopic (exact) mass is 345 g/mol. The fraction of sp³-hybridized carbons (Fsp3) is 0.364. The van der Waals surface area contributed by atoms with Crippen molar-refractivity contribution in [2.24, 2.45) is 0 Å². The lowest BCUT2D eigenvalue weighted by Crippen LogP contribution is -2.50. The van der Waals surface area contributed by atoms with Gasteiger partial charge in [-0.25, -0.2) is 9.49 Å². The van der Waals surface area contributed by atoms with E-state index in [2.05, 4.69) is 15.4 Å². The second-order valence-electron chi connectivity index (χ2n) is 4.48. The summed E-state index contributed by atoms with van der Waals surface area (Å²) in [5.74, 6) is 0. The SMILES string of the molecule is Cc1cc(C(F)(C(F)(F)F)C(F)(F)F)cc2c(=S)[nH]nnc12. The number of aryl methyl sites for hydroxylation is 1. The van der Waals surface area contributed by atoms with Crippen molar-refractivity contribution in [1.29, 1.82) is 0 Å². The summed E-state index contributed by atoms with van der Waals surface area (Å²) in [7, 11) is 0. The van der Waals surface area contributed by atoms with Crippen LogP contribution in [-0.4, -0.2) is 27.8 Å². The summed E-state index contributed by atoms with van der Waals surface area (Å²) in [4.78, 5) is 0. The lowest BCUT2D eigenvalue weighted by Gasteiger charge is -2.30. The highest BCUT2D eigenvalue weighted by Crippen LogP contribution is 2.53. The van der Waals surface area contributed by atoms with Gasteiger partial charge in [-0.3, -0.25) is 0 Å². The van der Waals surface area contributed by atoms with Crippen LogP contribution in [0.1, 0.15) is 11.1 Å². The average Bonchev–Trinajstić information content (AvgIpc) is 2.36. The Balaban J connectivity index is 2.88. The van der Waals surface area contributed by atoms with Crippen molar-refractivity contribution in [2.75, 3.05) is 0 Å². The first-order chi connectivity index (χ1) is 9.89. The zero-order chi connectivity index (χ0) is 16.9. The van der Waals surface area contributed by atoms with Gasteiger partial charge in [0, 0.05) is 10.9 Å². The van der Waals surface area contributed by atoms with E-state index < -0.39 is 23.6 Å². The molecule has 0 atom stereocenters. The van der Waals surface area contributed by atoms with Crippen LogP contribution < -0.4 is 0 Å². The van der Waals surface area contributed by atoms with Crippen LogP contribution in [0.25, 0.3) is 10.9 Å². The summed E-state index contributed by atoms with van der Waals surface area (Å²) in [5.41, 5.74) is -7.25. The molecule has 11 heteroatoms. The lowest BCUT2D eigenvalue weighted by atomic mass is 9.91. The van der Waals surface area contributed by atoms with E-state index in [1.807, 2.05) is 0 Å². The van der Waals surface area contributed by atoms with Crippen LogP contribution in [0.4, 0.5) is 30.7 Å². The number of aromatic amines is 1. The molecule has 0 unspecified atom stereocenters. The van der Waals surface area contributed by atoms with Gasteiger partial charge in [-0.15, -0.1) is 5.10 Å². The molecule has 0 radical (unpaired) electrons. The zero-order valence-electron chi connectivity index (χ0n) is 10.6. The van der Waals surface area contributed by atoms with Gasteiger partial charge < -0.3 is 0 Å². The molecule has 1 aromatic heterocycles. The highest BCUT2D eigenvalue weighted by atomic mass is 32.1. The predicted molar refractivity (Wildman–Crippen MR) is 64.4 cm³/mol. The molecule has 0 aliphatic carbocycles. The number of aromatic nitrogens is 3. The van der Waals surface area contributed by atoms with Crippen molar-refractivity contribution in [3.8, 4) is 0 Å². The molecule has 120 valence electrons. The third-order valence-corrected chi connectivity index (χ3v) is 3.34. The molecule has 0 aliphatic heterocycles. The molecule has 22 heavy (non-hydrogen) atoms. The van der Waals surface area contributed by atoms with Crippen molar-refractivity contribution in [1.82, 2.24) is 15.4 Å². The van der Waals surface area contributed by atoms with E-state index in [1.54, 1.807) is 0 Å². The van der Waals surface area contributed by atoms with Gasteiger partial charge in [-0.05, 0) is 24.6 Å². The summed E-state index contributed by atoms with van der Waals surface area (Å²) in [6.45, 7) is 1.18. The molecule has 0 bridgehead atoms. The van der Waals surface area contributed by atoms with Crippen LogP contribution in [0.15, 0.2) is 12.1 Å². The van der Waals surface area contributed by atoms with Crippen LogP contribution in [0.3, 0.4) is 0 Å². The van der Waals surface area contributed by atoms with Gasteiger partial charge in [0.15, 0.2) is 0 Å². The van der Waals surface area contributed by atoms with Crippen LogP contribution in [-0.2, 0) is 5.67 Å². The topological polar surface area (TPSA) is 41.6 Å². The van der Waals surface area contributed by atoms with E-state index in [4.69, 9.17) is 12.2 Å². The summed E-state index contributed by atoms with van der Waals surface area (Å²) >= 11 is 4.74. The highest BCUT2D eigenvalue weighted by Gasteiger charge is 2.73. The summed E-state index contributed by atoms with van der Waals surface area (Å²) in [5, 5.41) is 8.75. The number of benzene rings is 1. The molecule has 1 heterocycles. The minimum Gasteiger partial charge on any atom is -0.248 e. The number of halogens is 7. The number of nitrogens with one attached hydrogen (secondary N) is 1. The Labute approximate surface area is 123 Å². The summed E-state index contributed by atoms with van der Waals surface area (Å²) in [6, 6.07) is 0.823. The number of alkyl halides is 7. The number of nitrogens with zero attached hydrogens (tertiary/aromatic N) is 2. The van der Waals surface area contributed by atoms with Crippen LogP contribution in [0, 0.1) is 11.6 Å². The Kier molecular flexibility index (Phi) is 3.67. The van der Waals surface area contributed by atoms with Gasteiger partial charge in [0.25, 0.3) is 0 Å². The van der Waals surface area contributed by atoms with Gasteiger partial charge in [-0.1, -0.05) is 17.4 Å². The first kappa shape index (κ1) is 16.6. The summed E-state index contributed by atoms with van der Waals surface area (Å²) < 4.78 is 90.4. The van der Waals surface area contributed by atoms with E-state index in [9.17, 15) is 30.7 Å². The molecule has 0 spiro atoms. The molecular formula is C11H6F7N3S. The minimum absolute atomic E-state index is 0.0146. The molecule has 3 nitrogen and oxygen atoms in total. The van der Waals surface area contributed by atoms with Crippen molar-refractivity contribution >= 4 is 23.1 Å². The Morgan fingerprint density at radius 1 is 1.00 bits per heavy atom. The fourth-order valence-corrected chi connectivity index (χ4v) is 2.15. The molecule has 2 rings (SSSR count). The molecule has 1 N–H and O–H groups in total. The number of hydrogen-bond donors (Lipinski definition) is 1. The molecule has 0 aliphatic rings. The van der Waals surface area contributed by atoms with Gasteiger partial charge in [0.2, 0.25) is 0 Å². The number of hydrogen-bond acceptors (Lipinski definition) is 3. The maximum Gasteiger partial charge on any atom is 0.435 e. The third kappa shape index (κ3) is 2.32. The fourth-order valence-electron chi connectivity index (χ4n) is 1.95. The van der Waals surface area contributed by atoms with Crippen LogP contribution in [0.2, 0.25) is 0 Å². The first-order valence-corrected chi connectivity index (χ1v) is 5.99. The molecule has 2 aromatic rings. The quantitative estimate of drug-likeness (QED) is 0.619. The Morgan fingerprint density at radius 2 is 1.55 bits per heavy atom. The highest BCUT2D eigenvalue weighted by molar-refractivity contribution is 7.71. The third-order valence-electron chi connectivity index (χ3n) is 3.03. The molecule has 0 fully saturated rings. The zero-order valence-corrected chi connectivity index (χ0v) is 11.4. The molecule has 1 aromatic carbocycles. The number of fused-ring (bicyclic) bond motifs is 1. The first-order valence-electron chi connectivity index (χ1n) is 5.58.